The van der Waals surface area contributed by atoms with Crippen molar-refractivity contribution in [3.8, 4) is 17.2 Å². The Kier molecular flexibility index (Phi) is 5.41. The van der Waals surface area contributed by atoms with Crippen LogP contribution in [0.4, 0.5) is 0 Å². The number of halogens is 1. The summed E-state index contributed by atoms with van der Waals surface area (Å²) in [6.45, 7) is 2.33. The summed E-state index contributed by atoms with van der Waals surface area (Å²) in [6.07, 6.45) is 1.74. The highest BCUT2D eigenvalue weighted by molar-refractivity contribution is 9.10. The van der Waals surface area contributed by atoms with Crippen molar-refractivity contribution in [2.24, 2.45) is 0 Å². The summed E-state index contributed by atoms with van der Waals surface area (Å²) in [5.41, 5.74) is 3.34. The lowest BCUT2D eigenvalue weighted by Gasteiger charge is -2.09. The van der Waals surface area contributed by atoms with Crippen LogP contribution in [0.3, 0.4) is 0 Å². The fraction of sp³-hybridized carbons (Fsp3) is 0.125. The molecule has 1 heterocycles. The van der Waals surface area contributed by atoms with E-state index in [0.717, 1.165) is 26.9 Å². The first-order valence-corrected chi connectivity index (χ1v) is 9.93. The number of hydrogen-bond donors (Lipinski definition) is 0. The quantitative estimate of drug-likeness (QED) is 0.449. The van der Waals surface area contributed by atoms with Crippen LogP contribution < -0.4 is 14.2 Å². The SMILES string of the molecule is COc1ccc(/C=C2\Oc3cc(OCc4ccc(Br)cc4)cc(C)c3C2=O)cc1. The largest absolute Gasteiger partial charge is 0.497 e. The summed E-state index contributed by atoms with van der Waals surface area (Å²) in [7, 11) is 1.62. The van der Waals surface area contributed by atoms with Gasteiger partial charge < -0.3 is 14.2 Å². The number of aryl methyl sites for hydroxylation is 1. The molecule has 0 bridgehead atoms. The van der Waals surface area contributed by atoms with Crippen molar-refractivity contribution in [3.05, 3.63) is 93.1 Å². The third kappa shape index (κ3) is 4.20. The molecule has 0 fully saturated rings. The molecule has 0 atom stereocenters. The van der Waals surface area contributed by atoms with E-state index in [0.29, 0.717) is 29.4 Å². The first-order valence-electron chi connectivity index (χ1n) is 9.13. The van der Waals surface area contributed by atoms with Gasteiger partial charge >= 0.3 is 0 Å². The summed E-state index contributed by atoms with van der Waals surface area (Å²) >= 11 is 3.43. The Hall–Kier alpha value is -3.05. The molecule has 5 heteroatoms. The van der Waals surface area contributed by atoms with Gasteiger partial charge in [0.1, 0.15) is 23.9 Å². The summed E-state index contributed by atoms with van der Waals surface area (Å²) in [4.78, 5) is 12.8. The second kappa shape index (κ2) is 8.13. The zero-order chi connectivity index (χ0) is 20.4. The summed E-state index contributed by atoms with van der Waals surface area (Å²) in [5, 5.41) is 0. The number of methoxy groups -OCH3 is 1. The Morgan fingerprint density at radius 1 is 1.00 bits per heavy atom. The molecular weight excluding hydrogens is 432 g/mol. The number of Topliss-reactive ketones (excluding diaryl/α,β-unsaturated/α-hetero) is 1. The number of benzene rings is 3. The monoisotopic (exact) mass is 450 g/mol. The van der Waals surface area contributed by atoms with Gasteiger partial charge in [0.2, 0.25) is 5.78 Å². The lowest BCUT2D eigenvalue weighted by atomic mass is 10.0. The summed E-state index contributed by atoms with van der Waals surface area (Å²) in [5.74, 6) is 2.15. The van der Waals surface area contributed by atoms with Gasteiger partial charge in [0.05, 0.1) is 12.7 Å². The topological polar surface area (TPSA) is 44.8 Å². The van der Waals surface area contributed by atoms with E-state index in [-0.39, 0.29) is 5.78 Å². The van der Waals surface area contributed by atoms with Crippen LogP contribution >= 0.6 is 15.9 Å². The predicted molar refractivity (Wildman–Crippen MR) is 116 cm³/mol. The number of rotatable bonds is 5. The molecule has 0 unspecified atom stereocenters. The van der Waals surface area contributed by atoms with Gasteiger partial charge in [0.15, 0.2) is 5.76 Å². The van der Waals surface area contributed by atoms with Crippen LogP contribution in [0.2, 0.25) is 0 Å². The van der Waals surface area contributed by atoms with Crippen molar-refractivity contribution in [3.63, 3.8) is 0 Å². The zero-order valence-electron chi connectivity index (χ0n) is 16.1. The van der Waals surface area contributed by atoms with E-state index in [9.17, 15) is 4.79 Å². The van der Waals surface area contributed by atoms with Crippen molar-refractivity contribution >= 4 is 27.8 Å². The van der Waals surface area contributed by atoms with Gasteiger partial charge in [0.25, 0.3) is 0 Å². The van der Waals surface area contributed by atoms with Crippen LogP contribution in [0.5, 0.6) is 17.2 Å². The Morgan fingerprint density at radius 3 is 2.41 bits per heavy atom. The molecule has 1 aliphatic rings. The molecule has 146 valence electrons. The van der Waals surface area contributed by atoms with E-state index < -0.39 is 0 Å². The van der Waals surface area contributed by atoms with E-state index in [4.69, 9.17) is 14.2 Å². The number of fused-ring (bicyclic) bond motifs is 1. The molecule has 0 N–H and O–H groups in total. The normalized spacial score (nSPS) is 13.9. The summed E-state index contributed by atoms with van der Waals surface area (Å²) in [6, 6.07) is 19.0. The number of ether oxygens (including phenoxy) is 3. The minimum absolute atomic E-state index is 0.118. The average molecular weight is 451 g/mol. The highest BCUT2D eigenvalue weighted by atomic mass is 79.9. The van der Waals surface area contributed by atoms with E-state index in [1.807, 2.05) is 61.5 Å². The molecule has 0 amide bonds. The van der Waals surface area contributed by atoms with Gasteiger partial charge in [-0.05, 0) is 60.0 Å². The third-order valence-electron chi connectivity index (χ3n) is 4.68. The lowest BCUT2D eigenvalue weighted by molar-refractivity contribution is 0.101. The Bertz CT molecular complexity index is 1080. The third-order valence-corrected chi connectivity index (χ3v) is 5.20. The fourth-order valence-electron chi connectivity index (χ4n) is 3.16. The second-order valence-electron chi connectivity index (χ2n) is 6.74. The lowest BCUT2D eigenvalue weighted by Crippen LogP contribution is -2.00. The van der Waals surface area contributed by atoms with Crippen LogP contribution in [-0.2, 0) is 6.61 Å². The smallest absolute Gasteiger partial charge is 0.232 e. The molecular formula is C24H19BrO4. The predicted octanol–water partition coefficient (Wildman–Crippen LogP) is 5.96. The van der Waals surface area contributed by atoms with Crippen LogP contribution in [-0.4, -0.2) is 12.9 Å². The van der Waals surface area contributed by atoms with E-state index in [1.165, 1.54) is 0 Å². The van der Waals surface area contributed by atoms with Crippen LogP contribution in [0, 0.1) is 6.92 Å². The molecule has 0 radical (unpaired) electrons. The van der Waals surface area contributed by atoms with Crippen LogP contribution in [0.15, 0.2) is 70.9 Å². The average Bonchev–Trinajstić information content (AvgIpc) is 3.04. The minimum Gasteiger partial charge on any atom is -0.497 e. The zero-order valence-corrected chi connectivity index (χ0v) is 17.7. The molecule has 0 saturated carbocycles. The van der Waals surface area contributed by atoms with Crippen molar-refractivity contribution in [2.75, 3.05) is 7.11 Å². The molecule has 0 saturated heterocycles. The first kappa shape index (κ1) is 19.3. The summed E-state index contributed by atoms with van der Waals surface area (Å²) < 4.78 is 18.0. The molecule has 3 aromatic carbocycles. The van der Waals surface area contributed by atoms with Gasteiger partial charge in [-0.2, -0.15) is 0 Å². The van der Waals surface area contributed by atoms with Crippen molar-refractivity contribution in [2.45, 2.75) is 13.5 Å². The highest BCUT2D eigenvalue weighted by Gasteiger charge is 2.30. The number of ketones is 1. The van der Waals surface area contributed by atoms with E-state index in [1.54, 1.807) is 19.3 Å². The fourth-order valence-corrected chi connectivity index (χ4v) is 3.42. The highest BCUT2D eigenvalue weighted by Crippen LogP contribution is 2.37. The van der Waals surface area contributed by atoms with Crippen molar-refractivity contribution < 1.29 is 19.0 Å². The standard InChI is InChI=1S/C24H19BrO4/c1-15-11-20(28-14-17-3-7-18(25)8-4-17)13-21-23(15)24(26)22(29-21)12-16-5-9-19(27-2)10-6-16/h3-13H,14H2,1-2H3/b22-12-. The van der Waals surface area contributed by atoms with Crippen LogP contribution in [0.1, 0.15) is 27.0 Å². The Balaban J connectivity index is 1.54. The molecule has 4 nitrogen and oxygen atoms in total. The van der Waals surface area contributed by atoms with Gasteiger partial charge in [-0.25, -0.2) is 0 Å². The molecule has 3 aromatic rings. The van der Waals surface area contributed by atoms with E-state index >= 15 is 0 Å². The van der Waals surface area contributed by atoms with Gasteiger partial charge in [-0.1, -0.05) is 40.2 Å². The van der Waals surface area contributed by atoms with Crippen LogP contribution in [0.25, 0.3) is 6.08 Å². The van der Waals surface area contributed by atoms with Gasteiger partial charge in [0, 0.05) is 10.5 Å². The number of carbonyl (C=O) groups is 1. The number of hydrogen-bond acceptors (Lipinski definition) is 4. The van der Waals surface area contributed by atoms with E-state index in [2.05, 4.69) is 15.9 Å². The first-order chi connectivity index (χ1) is 14.0. The molecule has 4 rings (SSSR count). The number of allylic oxidation sites excluding steroid dienone is 1. The Labute approximate surface area is 177 Å². The minimum atomic E-state index is -0.118. The molecule has 29 heavy (non-hydrogen) atoms. The molecule has 0 spiro atoms. The molecule has 0 aliphatic carbocycles. The van der Waals surface area contributed by atoms with Crippen molar-refractivity contribution in [1.29, 1.82) is 0 Å². The Morgan fingerprint density at radius 2 is 1.72 bits per heavy atom. The molecule has 1 aliphatic heterocycles. The maximum absolute atomic E-state index is 12.8. The van der Waals surface area contributed by atoms with Gasteiger partial charge in [-0.15, -0.1) is 0 Å². The maximum Gasteiger partial charge on any atom is 0.232 e. The molecule has 0 aromatic heterocycles. The van der Waals surface area contributed by atoms with Gasteiger partial charge in [-0.3, -0.25) is 4.79 Å². The maximum atomic E-state index is 12.8. The number of carbonyl (C=O) groups excluding carboxylic acids is 1. The van der Waals surface area contributed by atoms with Crippen molar-refractivity contribution in [1.82, 2.24) is 0 Å². The second-order valence-corrected chi connectivity index (χ2v) is 7.66.